The van der Waals surface area contributed by atoms with E-state index in [4.69, 9.17) is 0 Å². The zero-order valence-electron chi connectivity index (χ0n) is 10.9. The molecule has 100 valence electrons. The number of nitrogens with one attached hydrogen (secondary N) is 1. The highest BCUT2D eigenvalue weighted by Gasteiger charge is 2.11. The normalized spacial score (nSPS) is 16.7. The van der Waals surface area contributed by atoms with E-state index in [1.165, 1.54) is 3.15 Å². The van der Waals surface area contributed by atoms with Gasteiger partial charge in [0, 0.05) is 17.3 Å². The number of hydrogen-bond donors (Lipinski definition) is 1. The first kappa shape index (κ1) is 13.1. The van der Waals surface area contributed by atoms with E-state index >= 15 is 0 Å². The van der Waals surface area contributed by atoms with Crippen LogP contribution in [0, 0.1) is 3.15 Å². The second-order valence-corrected chi connectivity index (χ2v) is 7.86. The van der Waals surface area contributed by atoms with Crippen molar-refractivity contribution in [1.29, 1.82) is 0 Å². The monoisotopic (exact) mass is 375 g/mol. The van der Waals surface area contributed by atoms with Crippen molar-refractivity contribution in [2.45, 2.75) is 0 Å². The summed E-state index contributed by atoms with van der Waals surface area (Å²) in [7, 11) is 0. The molecule has 0 saturated heterocycles. The van der Waals surface area contributed by atoms with Gasteiger partial charge in [0.25, 0.3) is 0 Å². The van der Waals surface area contributed by atoms with Crippen LogP contribution in [0.2, 0.25) is 0 Å². The highest BCUT2D eigenvalue weighted by molar-refractivity contribution is 14.2. The third kappa shape index (κ3) is 2.27. The second kappa shape index (κ2) is 5.58. The molecule has 0 atom stereocenters. The third-order valence-electron chi connectivity index (χ3n) is 2.99. The molecule has 0 fully saturated rings. The lowest BCUT2D eigenvalue weighted by Crippen LogP contribution is -2.13. The summed E-state index contributed by atoms with van der Waals surface area (Å²) in [5.41, 5.74) is 3.00. The predicted molar refractivity (Wildman–Crippen MR) is 94.0 cm³/mol. The van der Waals surface area contributed by atoms with Crippen LogP contribution in [0.15, 0.2) is 60.4 Å². The van der Waals surface area contributed by atoms with Crippen molar-refractivity contribution in [1.82, 2.24) is 8.62 Å². The van der Waals surface area contributed by atoms with Crippen LogP contribution in [0.3, 0.4) is 0 Å². The van der Waals surface area contributed by atoms with E-state index in [1.54, 1.807) is 0 Å². The van der Waals surface area contributed by atoms with E-state index in [2.05, 4.69) is 24.8 Å². The van der Waals surface area contributed by atoms with Crippen LogP contribution in [0.5, 0.6) is 0 Å². The fourth-order valence-electron chi connectivity index (χ4n) is 2.05. The number of aromatic nitrogens is 1. The molecule has 0 amide bonds. The molecule has 1 aliphatic heterocycles. The van der Waals surface area contributed by atoms with Crippen molar-refractivity contribution in [2.75, 3.05) is 0 Å². The van der Waals surface area contributed by atoms with Gasteiger partial charge in [0.2, 0.25) is 0 Å². The van der Waals surface area contributed by atoms with E-state index in [-0.39, 0.29) is 0 Å². The maximum absolute atomic E-state index is 4.57. The molecule has 1 aromatic rings. The van der Waals surface area contributed by atoms with Crippen LogP contribution in [-0.2, 0) is 0 Å². The van der Waals surface area contributed by atoms with Crippen LogP contribution in [0.4, 0.5) is 0 Å². The zero-order valence-corrected chi connectivity index (χ0v) is 13.0. The number of hydrogen-bond acceptors (Lipinski definition) is 3. The minimum Gasteiger partial charge on any atom is -0.261 e. The maximum atomic E-state index is 4.57. The van der Waals surface area contributed by atoms with Gasteiger partial charge in [-0.05, 0) is 19.1 Å². The number of halogens is 1. The average molecular weight is 375 g/mol. The molecule has 1 aromatic heterocycles. The van der Waals surface area contributed by atoms with Gasteiger partial charge in [-0.1, -0.05) is 59.7 Å². The molecule has 3 nitrogen and oxygen atoms in total. The summed E-state index contributed by atoms with van der Waals surface area (Å²) in [6.07, 6.45) is 17.8. The quantitative estimate of drug-likeness (QED) is 0.638. The second-order valence-electron chi connectivity index (χ2n) is 4.24. The molecule has 0 aromatic carbocycles. The van der Waals surface area contributed by atoms with Crippen molar-refractivity contribution >= 4 is 35.3 Å². The molecule has 1 N–H and O–H groups in total. The van der Waals surface area contributed by atoms with Gasteiger partial charge in [-0.2, -0.15) is 5.10 Å². The maximum Gasteiger partial charge on any atom is 0.124 e. The minimum atomic E-state index is -1.65. The lowest BCUT2D eigenvalue weighted by Gasteiger charge is -2.03. The molecule has 2 aliphatic rings. The van der Waals surface area contributed by atoms with Crippen molar-refractivity contribution in [3.63, 3.8) is 0 Å². The number of pyridine rings is 1. The Morgan fingerprint density at radius 1 is 1.15 bits per heavy atom. The smallest absolute Gasteiger partial charge is 0.124 e. The molecule has 0 spiro atoms. The topological polar surface area (TPSA) is 37.3 Å². The van der Waals surface area contributed by atoms with Gasteiger partial charge in [-0.3, -0.25) is 8.62 Å². The molecule has 4 heteroatoms. The van der Waals surface area contributed by atoms with Crippen LogP contribution in [0.25, 0.3) is 11.6 Å². The predicted octanol–water partition coefficient (Wildman–Crippen LogP) is 3.03. The Balaban J connectivity index is 2.29. The molecule has 20 heavy (non-hydrogen) atoms. The molecule has 1 aliphatic carbocycles. The Morgan fingerprint density at radius 3 is 2.80 bits per heavy atom. The summed E-state index contributed by atoms with van der Waals surface area (Å²) in [6, 6.07) is 0. The first-order valence-electron chi connectivity index (χ1n) is 6.14. The van der Waals surface area contributed by atoms with Crippen molar-refractivity contribution < 1.29 is 0 Å². The van der Waals surface area contributed by atoms with Crippen LogP contribution >= 0.6 is 19.1 Å². The number of fused-ring (bicyclic) bond motifs is 1. The fourth-order valence-corrected chi connectivity index (χ4v) is 4.93. The molecule has 2 heterocycles. The molecule has 0 radical (unpaired) electrons. The van der Waals surface area contributed by atoms with E-state index < -0.39 is 19.1 Å². The lowest BCUT2D eigenvalue weighted by molar-refractivity contribution is 1.05. The van der Waals surface area contributed by atoms with Crippen molar-refractivity contribution in [3.05, 3.63) is 75.1 Å². The Kier molecular flexibility index (Phi) is 3.64. The minimum absolute atomic E-state index is 0.901. The standard InChI is InChI=1S/C16H14IN3/c1-3-12-11-18-15(16-14(12)17(2)20-19-16)13-9-7-5-4-6-8-10-13/h3-11,20H,1-2H2. The first-order valence-corrected chi connectivity index (χ1v) is 9.82. The SMILES string of the molecule is C=Cc1cnc(C2=CC=CC=CC=C2)c2c1=I(=C)NN=2. The average Bonchev–Trinajstić information content (AvgIpc) is 2.81. The number of rotatable bonds is 2. The largest absolute Gasteiger partial charge is 0.261 e. The van der Waals surface area contributed by atoms with Crippen molar-refractivity contribution in [3.8, 4) is 0 Å². The van der Waals surface area contributed by atoms with Gasteiger partial charge in [0.15, 0.2) is 0 Å². The van der Waals surface area contributed by atoms with Gasteiger partial charge in [0.05, 0.1) is 8.85 Å². The van der Waals surface area contributed by atoms with Gasteiger partial charge in [-0.25, -0.2) is 0 Å². The van der Waals surface area contributed by atoms with Gasteiger partial charge in [-0.15, -0.1) is 0 Å². The van der Waals surface area contributed by atoms with Crippen LogP contribution in [0.1, 0.15) is 11.3 Å². The zero-order chi connectivity index (χ0) is 13.9. The highest BCUT2D eigenvalue weighted by Crippen LogP contribution is 2.19. The number of allylic oxidation sites excluding steroid dienone is 8. The first-order chi connectivity index (χ1) is 9.81. The van der Waals surface area contributed by atoms with Gasteiger partial charge >= 0.3 is 0 Å². The van der Waals surface area contributed by atoms with E-state index in [0.29, 0.717) is 0 Å². The van der Waals surface area contributed by atoms with Gasteiger partial charge < -0.3 is 0 Å². The van der Waals surface area contributed by atoms with Crippen molar-refractivity contribution in [2.24, 2.45) is 5.10 Å². The van der Waals surface area contributed by atoms with E-state index in [9.17, 15) is 0 Å². The lowest BCUT2D eigenvalue weighted by atomic mass is 10.1. The molecular weight excluding hydrogens is 361 g/mol. The summed E-state index contributed by atoms with van der Waals surface area (Å²) in [5.74, 6) is 0. The summed E-state index contributed by atoms with van der Waals surface area (Å²) < 4.78 is 8.60. The van der Waals surface area contributed by atoms with E-state index in [0.717, 1.165) is 22.2 Å². The van der Waals surface area contributed by atoms with Crippen LogP contribution in [-0.4, -0.2) is 9.50 Å². The molecule has 0 unspecified atom stereocenters. The van der Waals surface area contributed by atoms with E-state index in [1.807, 2.05) is 54.8 Å². The highest BCUT2D eigenvalue weighted by atomic mass is 127. The van der Waals surface area contributed by atoms with Crippen LogP contribution < -0.4 is 9.00 Å². The number of nitrogens with zero attached hydrogens (tertiary/aromatic N) is 2. The summed E-state index contributed by atoms with van der Waals surface area (Å²) in [4.78, 5) is 4.57. The Bertz CT molecular complexity index is 864. The summed E-state index contributed by atoms with van der Waals surface area (Å²) in [5, 5.41) is 5.38. The van der Waals surface area contributed by atoms with Gasteiger partial charge in [0.1, 0.15) is 5.36 Å². The Labute approximate surface area is 124 Å². The molecule has 0 bridgehead atoms. The molecule has 3 rings (SSSR count). The Hall–Kier alpha value is -1.95. The summed E-state index contributed by atoms with van der Waals surface area (Å²) in [6.45, 7) is 3.85. The Morgan fingerprint density at radius 2 is 1.95 bits per heavy atom. The molecule has 0 saturated carbocycles. The summed E-state index contributed by atoms with van der Waals surface area (Å²) >= 11 is -1.65. The third-order valence-corrected chi connectivity index (χ3v) is 6.25. The fraction of sp³-hybridized carbons (Fsp3) is 0. The molecular formula is C16H14IN3.